The summed E-state index contributed by atoms with van der Waals surface area (Å²) in [7, 11) is -3.59. The lowest BCUT2D eigenvalue weighted by Gasteiger charge is -2.11. The molecule has 3 nitrogen and oxygen atoms in total. The molecule has 0 aliphatic carbocycles. The molecule has 122 valence electrons. The van der Waals surface area contributed by atoms with Gasteiger partial charge >= 0.3 is 0 Å². The standard InChI is InChI=1S/C20H19NO2S/c1-15-8-13-20(16(2)14-15)24(22,23)21-19-11-9-18(10-12-19)17-6-4-3-5-7-17/h3-14,21H,1-2H3. The SMILES string of the molecule is Cc1ccc(S(=O)(=O)Nc2ccc(-c3ccccc3)cc2)c(C)c1. The van der Waals surface area contributed by atoms with Gasteiger partial charge in [-0.05, 0) is 48.7 Å². The molecule has 3 aromatic carbocycles. The smallest absolute Gasteiger partial charge is 0.262 e. The van der Waals surface area contributed by atoms with Gasteiger partial charge < -0.3 is 0 Å². The van der Waals surface area contributed by atoms with Gasteiger partial charge in [0.15, 0.2) is 0 Å². The van der Waals surface area contributed by atoms with Crippen LogP contribution in [0.1, 0.15) is 11.1 Å². The van der Waals surface area contributed by atoms with E-state index in [-0.39, 0.29) is 0 Å². The molecule has 0 saturated heterocycles. The molecule has 0 aromatic heterocycles. The van der Waals surface area contributed by atoms with Crippen molar-refractivity contribution in [3.63, 3.8) is 0 Å². The summed E-state index contributed by atoms with van der Waals surface area (Å²) in [6.45, 7) is 3.75. The summed E-state index contributed by atoms with van der Waals surface area (Å²) in [4.78, 5) is 0.306. The average molecular weight is 337 g/mol. The maximum Gasteiger partial charge on any atom is 0.262 e. The second kappa shape index (κ2) is 6.49. The molecule has 0 atom stereocenters. The van der Waals surface area contributed by atoms with Gasteiger partial charge in [0.2, 0.25) is 0 Å². The Morgan fingerprint density at radius 1 is 0.750 bits per heavy atom. The van der Waals surface area contributed by atoms with E-state index in [1.807, 2.05) is 55.5 Å². The number of anilines is 1. The van der Waals surface area contributed by atoms with Gasteiger partial charge in [0.1, 0.15) is 0 Å². The normalized spacial score (nSPS) is 11.2. The summed E-state index contributed by atoms with van der Waals surface area (Å²) in [6, 6.07) is 22.7. The zero-order valence-electron chi connectivity index (χ0n) is 13.7. The Morgan fingerprint density at radius 2 is 1.38 bits per heavy atom. The van der Waals surface area contributed by atoms with Gasteiger partial charge in [-0.2, -0.15) is 0 Å². The average Bonchev–Trinajstić information content (AvgIpc) is 2.55. The molecule has 0 radical (unpaired) electrons. The topological polar surface area (TPSA) is 46.2 Å². The van der Waals surface area contributed by atoms with Gasteiger partial charge in [0.25, 0.3) is 10.0 Å². The van der Waals surface area contributed by atoms with Crippen LogP contribution in [0.4, 0.5) is 5.69 Å². The first-order chi connectivity index (χ1) is 11.5. The van der Waals surface area contributed by atoms with Gasteiger partial charge in [0, 0.05) is 5.69 Å². The molecule has 3 aromatic rings. The lowest BCUT2D eigenvalue weighted by Crippen LogP contribution is -2.14. The molecule has 0 saturated carbocycles. The van der Waals surface area contributed by atoms with E-state index in [4.69, 9.17) is 0 Å². The fourth-order valence-electron chi connectivity index (χ4n) is 2.67. The Morgan fingerprint density at radius 3 is 2.00 bits per heavy atom. The highest BCUT2D eigenvalue weighted by Crippen LogP contribution is 2.24. The van der Waals surface area contributed by atoms with Crippen molar-refractivity contribution in [2.24, 2.45) is 0 Å². The van der Waals surface area contributed by atoms with Crippen molar-refractivity contribution < 1.29 is 8.42 Å². The van der Waals surface area contributed by atoms with Gasteiger partial charge in [-0.15, -0.1) is 0 Å². The first kappa shape index (κ1) is 16.3. The molecule has 0 aliphatic heterocycles. The minimum Gasteiger partial charge on any atom is -0.280 e. The summed E-state index contributed by atoms with van der Waals surface area (Å²) < 4.78 is 27.8. The summed E-state index contributed by atoms with van der Waals surface area (Å²) in [5.74, 6) is 0. The van der Waals surface area contributed by atoms with Gasteiger partial charge in [-0.3, -0.25) is 4.72 Å². The number of rotatable bonds is 4. The third kappa shape index (κ3) is 3.49. The van der Waals surface area contributed by atoms with Crippen LogP contribution in [0, 0.1) is 13.8 Å². The van der Waals surface area contributed by atoms with Crippen LogP contribution in [0.2, 0.25) is 0 Å². The van der Waals surface area contributed by atoms with Crippen molar-refractivity contribution in [3.8, 4) is 11.1 Å². The summed E-state index contributed by atoms with van der Waals surface area (Å²) >= 11 is 0. The van der Waals surface area contributed by atoms with E-state index in [1.54, 1.807) is 31.2 Å². The number of sulfonamides is 1. The van der Waals surface area contributed by atoms with E-state index in [9.17, 15) is 8.42 Å². The fraction of sp³-hybridized carbons (Fsp3) is 0.100. The molecule has 0 unspecified atom stereocenters. The Labute approximate surface area is 143 Å². The molecule has 0 spiro atoms. The Balaban J connectivity index is 1.85. The lowest BCUT2D eigenvalue weighted by atomic mass is 10.1. The Bertz CT molecular complexity index is 947. The molecule has 24 heavy (non-hydrogen) atoms. The van der Waals surface area contributed by atoms with Crippen LogP contribution in [0.15, 0.2) is 77.7 Å². The Kier molecular flexibility index (Phi) is 4.40. The van der Waals surface area contributed by atoms with E-state index < -0.39 is 10.0 Å². The maximum atomic E-state index is 12.6. The second-order valence-electron chi connectivity index (χ2n) is 5.82. The van der Waals surface area contributed by atoms with Crippen molar-refractivity contribution in [1.29, 1.82) is 0 Å². The summed E-state index contributed by atoms with van der Waals surface area (Å²) in [6.07, 6.45) is 0. The van der Waals surface area contributed by atoms with Crippen LogP contribution in [0.3, 0.4) is 0 Å². The Hall–Kier alpha value is -2.59. The number of nitrogens with one attached hydrogen (secondary N) is 1. The fourth-order valence-corrected chi connectivity index (χ4v) is 3.96. The molecule has 0 bridgehead atoms. The van der Waals surface area contributed by atoms with Crippen molar-refractivity contribution in [2.75, 3.05) is 4.72 Å². The minimum atomic E-state index is -3.59. The molecule has 1 N–H and O–H groups in total. The number of aryl methyl sites for hydroxylation is 2. The first-order valence-electron chi connectivity index (χ1n) is 7.71. The zero-order chi connectivity index (χ0) is 17.2. The number of hydrogen-bond acceptors (Lipinski definition) is 2. The van der Waals surface area contributed by atoms with E-state index >= 15 is 0 Å². The zero-order valence-corrected chi connectivity index (χ0v) is 14.5. The summed E-state index contributed by atoms with van der Waals surface area (Å²) in [5.41, 5.74) is 4.48. The number of benzene rings is 3. The third-order valence-corrected chi connectivity index (χ3v) is 5.41. The third-order valence-electron chi connectivity index (χ3n) is 3.86. The van der Waals surface area contributed by atoms with Crippen LogP contribution in [0.25, 0.3) is 11.1 Å². The molecule has 0 heterocycles. The highest BCUT2D eigenvalue weighted by atomic mass is 32.2. The van der Waals surface area contributed by atoms with E-state index in [0.717, 1.165) is 22.3 Å². The highest BCUT2D eigenvalue weighted by Gasteiger charge is 2.16. The van der Waals surface area contributed by atoms with Crippen molar-refractivity contribution in [1.82, 2.24) is 0 Å². The molecular weight excluding hydrogens is 318 g/mol. The molecule has 3 rings (SSSR count). The second-order valence-corrected chi connectivity index (χ2v) is 7.47. The van der Waals surface area contributed by atoms with Gasteiger partial charge in [0.05, 0.1) is 4.90 Å². The number of hydrogen-bond donors (Lipinski definition) is 1. The van der Waals surface area contributed by atoms with E-state index in [1.165, 1.54) is 0 Å². The first-order valence-corrected chi connectivity index (χ1v) is 9.19. The van der Waals surface area contributed by atoms with Gasteiger partial charge in [-0.1, -0.05) is 60.2 Å². The quantitative estimate of drug-likeness (QED) is 0.745. The highest BCUT2D eigenvalue weighted by molar-refractivity contribution is 7.92. The van der Waals surface area contributed by atoms with E-state index in [2.05, 4.69) is 4.72 Å². The van der Waals surface area contributed by atoms with Crippen LogP contribution in [-0.4, -0.2) is 8.42 Å². The van der Waals surface area contributed by atoms with Crippen molar-refractivity contribution >= 4 is 15.7 Å². The van der Waals surface area contributed by atoms with Gasteiger partial charge in [-0.25, -0.2) is 8.42 Å². The molecule has 0 aliphatic rings. The monoisotopic (exact) mass is 337 g/mol. The van der Waals surface area contributed by atoms with Crippen molar-refractivity contribution in [3.05, 3.63) is 83.9 Å². The molecule has 4 heteroatoms. The lowest BCUT2D eigenvalue weighted by molar-refractivity contribution is 0.600. The minimum absolute atomic E-state index is 0.306. The predicted molar refractivity (Wildman–Crippen MR) is 98.6 cm³/mol. The molecular formula is C20H19NO2S. The maximum absolute atomic E-state index is 12.6. The van der Waals surface area contributed by atoms with Crippen LogP contribution in [0.5, 0.6) is 0 Å². The van der Waals surface area contributed by atoms with E-state index in [0.29, 0.717) is 10.6 Å². The van der Waals surface area contributed by atoms with Crippen molar-refractivity contribution in [2.45, 2.75) is 18.7 Å². The van der Waals surface area contributed by atoms with Crippen LogP contribution in [-0.2, 0) is 10.0 Å². The predicted octanol–water partition coefficient (Wildman–Crippen LogP) is 4.77. The molecule has 0 amide bonds. The molecule has 0 fully saturated rings. The van der Waals surface area contributed by atoms with Crippen LogP contribution >= 0.6 is 0 Å². The summed E-state index contributed by atoms with van der Waals surface area (Å²) in [5, 5.41) is 0. The largest absolute Gasteiger partial charge is 0.280 e. The van der Waals surface area contributed by atoms with Crippen LogP contribution < -0.4 is 4.72 Å².